The number of sulfonamides is 1. The molecule has 8 heteroatoms. The van der Waals surface area contributed by atoms with Gasteiger partial charge in [0.25, 0.3) is 0 Å². The van der Waals surface area contributed by atoms with Crippen LogP contribution in [0.5, 0.6) is 0 Å². The van der Waals surface area contributed by atoms with Crippen LogP contribution in [0.3, 0.4) is 0 Å². The Morgan fingerprint density at radius 1 is 1.23 bits per heavy atom. The number of carbonyl (C=O) groups is 2. The molecule has 1 rings (SSSR count). The van der Waals surface area contributed by atoms with Crippen LogP contribution in [0.1, 0.15) is 25.0 Å². The van der Waals surface area contributed by atoms with Gasteiger partial charge in [0.1, 0.15) is 6.04 Å². The topological polar surface area (TPSA) is 116 Å². The number of nitrogens with one attached hydrogen (secondary N) is 1. The molecule has 1 aromatic carbocycles. The van der Waals surface area contributed by atoms with Gasteiger partial charge in [0.05, 0.1) is 12.4 Å². The van der Waals surface area contributed by atoms with E-state index in [4.69, 9.17) is 9.88 Å². The van der Waals surface area contributed by atoms with Gasteiger partial charge in [-0.15, -0.1) is 0 Å². The van der Waals surface area contributed by atoms with Crippen LogP contribution in [0.2, 0.25) is 0 Å². The van der Waals surface area contributed by atoms with Crippen molar-refractivity contribution < 1.29 is 22.7 Å². The van der Waals surface area contributed by atoms with Crippen LogP contribution in [0, 0.1) is 0 Å². The first kappa shape index (κ1) is 18.1. The molecule has 0 aliphatic rings. The molecule has 0 aliphatic carbocycles. The summed E-state index contributed by atoms with van der Waals surface area (Å²) in [6, 6.07) is 5.84. The van der Waals surface area contributed by atoms with Gasteiger partial charge in [-0.25, -0.2) is 18.4 Å². The highest BCUT2D eigenvalue weighted by Crippen LogP contribution is 2.10. The monoisotopic (exact) mass is 328 g/mol. The van der Waals surface area contributed by atoms with E-state index in [1.807, 2.05) is 0 Å². The van der Waals surface area contributed by atoms with Crippen molar-refractivity contribution in [1.82, 2.24) is 5.32 Å². The Balaban J connectivity index is 2.80. The van der Waals surface area contributed by atoms with E-state index >= 15 is 0 Å². The number of nitrogens with two attached hydrogens (primary N) is 1. The lowest BCUT2D eigenvalue weighted by Gasteiger charge is -2.16. The number of primary sulfonamides is 1. The molecule has 0 aromatic heterocycles. The molecule has 0 unspecified atom stereocenters. The van der Waals surface area contributed by atoms with Gasteiger partial charge in [0.2, 0.25) is 15.9 Å². The van der Waals surface area contributed by atoms with Crippen LogP contribution in [0.4, 0.5) is 0 Å². The number of hydrogen-bond acceptors (Lipinski definition) is 5. The number of amides is 1. The molecular weight excluding hydrogens is 308 g/mol. The van der Waals surface area contributed by atoms with Crippen molar-refractivity contribution in [2.24, 2.45) is 5.14 Å². The first-order valence-corrected chi connectivity index (χ1v) is 8.45. The smallest absolute Gasteiger partial charge is 0.328 e. The molecular formula is C14H20N2O5S. The van der Waals surface area contributed by atoms with Crippen LogP contribution in [0.15, 0.2) is 24.3 Å². The molecule has 0 bridgehead atoms. The molecule has 0 saturated carbocycles. The fraction of sp³-hybridized carbons (Fsp3) is 0.429. The van der Waals surface area contributed by atoms with Crippen LogP contribution in [0.25, 0.3) is 0 Å². The van der Waals surface area contributed by atoms with Gasteiger partial charge in [-0.1, -0.05) is 24.3 Å². The Bertz CT molecular complexity index is 625. The summed E-state index contributed by atoms with van der Waals surface area (Å²) in [5, 5.41) is 7.51. The number of hydrogen-bond donors (Lipinski definition) is 2. The van der Waals surface area contributed by atoms with Gasteiger partial charge in [0.15, 0.2) is 0 Å². The Morgan fingerprint density at radius 3 is 2.23 bits per heavy atom. The van der Waals surface area contributed by atoms with Crippen molar-refractivity contribution >= 4 is 21.9 Å². The molecule has 7 nitrogen and oxygen atoms in total. The average Bonchev–Trinajstić information content (AvgIpc) is 2.38. The zero-order chi connectivity index (χ0) is 16.8. The predicted octanol–water partition coefficient (Wildman–Crippen LogP) is 0.0854. The maximum atomic E-state index is 11.8. The van der Waals surface area contributed by atoms with Crippen molar-refractivity contribution in [3.05, 3.63) is 35.4 Å². The van der Waals surface area contributed by atoms with E-state index in [1.165, 1.54) is 6.92 Å². The second-order valence-electron chi connectivity index (χ2n) is 4.83. The molecule has 0 aliphatic heterocycles. The Labute approximate surface area is 129 Å². The highest BCUT2D eigenvalue weighted by atomic mass is 32.2. The second kappa shape index (κ2) is 7.90. The van der Waals surface area contributed by atoms with Crippen molar-refractivity contribution in [3.63, 3.8) is 0 Å². The van der Waals surface area contributed by atoms with Gasteiger partial charge in [0, 0.05) is 13.3 Å². The second-order valence-corrected chi connectivity index (χ2v) is 6.45. The minimum atomic E-state index is -3.58. The maximum absolute atomic E-state index is 11.8. The third-order valence-electron chi connectivity index (χ3n) is 2.78. The molecule has 3 N–H and O–H groups in total. The predicted molar refractivity (Wildman–Crippen MR) is 81.2 cm³/mol. The van der Waals surface area contributed by atoms with Gasteiger partial charge in [-0.2, -0.15) is 0 Å². The lowest BCUT2D eigenvalue weighted by atomic mass is 10.0. The van der Waals surface area contributed by atoms with E-state index in [0.29, 0.717) is 5.56 Å². The van der Waals surface area contributed by atoms with Gasteiger partial charge in [-0.05, 0) is 18.1 Å². The lowest BCUT2D eigenvalue weighted by molar-refractivity contribution is -0.147. The van der Waals surface area contributed by atoms with E-state index in [0.717, 1.165) is 5.56 Å². The molecule has 22 heavy (non-hydrogen) atoms. The molecule has 1 amide bonds. The third-order valence-corrected chi connectivity index (χ3v) is 3.51. The quantitative estimate of drug-likeness (QED) is 0.688. The lowest BCUT2D eigenvalue weighted by Crippen LogP contribution is -2.42. The Morgan fingerprint density at radius 2 is 1.77 bits per heavy atom. The summed E-state index contributed by atoms with van der Waals surface area (Å²) < 4.78 is 26.9. The minimum Gasteiger partial charge on any atom is -0.464 e. The highest BCUT2D eigenvalue weighted by Gasteiger charge is 2.21. The Hall–Kier alpha value is -1.93. The zero-order valence-electron chi connectivity index (χ0n) is 12.5. The molecule has 0 spiro atoms. The van der Waals surface area contributed by atoms with Crippen LogP contribution in [-0.4, -0.2) is 32.9 Å². The number of benzene rings is 1. The fourth-order valence-corrected chi connectivity index (χ4v) is 2.58. The minimum absolute atomic E-state index is 0.224. The van der Waals surface area contributed by atoms with Gasteiger partial charge in [-0.3, -0.25) is 4.79 Å². The first-order chi connectivity index (χ1) is 10.2. The standard InChI is InChI=1S/C14H20N2O5S/c1-3-21-14(18)13(16-10(2)17)8-11-4-6-12(7-5-11)9-22(15,19)20/h4-7,13H,3,8-9H2,1-2H3,(H,16,17)(H2,15,19,20)/t13-/m0/s1. The summed E-state index contributed by atoms with van der Waals surface area (Å²) in [4.78, 5) is 23.0. The summed E-state index contributed by atoms with van der Waals surface area (Å²) in [5.41, 5.74) is 1.32. The fourth-order valence-electron chi connectivity index (χ4n) is 1.92. The largest absolute Gasteiger partial charge is 0.464 e. The molecule has 1 aromatic rings. The number of rotatable bonds is 7. The SMILES string of the molecule is CCOC(=O)[C@H](Cc1ccc(CS(N)(=O)=O)cc1)NC(C)=O. The molecule has 0 saturated heterocycles. The summed E-state index contributed by atoms with van der Waals surface area (Å²) in [6.07, 6.45) is 0.258. The molecule has 122 valence electrons. The average molecular weight is 328 g/mol. The van der Waals surface area contributed by atoms with Crippen LogP contribution >= 0.6 is 0 Å². The van der Waals surface area contributed by atoms with E-state index in [1.54, 1.807) is 31.2 Å². The number of ether oxygens (including phenoxy) is 1. The van der Waals surface area contributed by atoms with E-state index in [2.05, 4.69) is 5.32 Å². The zero-order valence-corrected chi connectivity index (χ0v) is 13.4. The highest BCUT2D eigenvalue weighted by molar-refractivity contribution is 7.88. The van der Waals surface area contributed by atoms with Crippen LogP contribution in [-0.2, 0) is 36.5 Å². The molecule has 0 heterocycles. The number of esters is 1. The maximum Gasteiger partial charge on any atom is 0.328 e. The van der Waals surface area contributed by atoms with Crippen molar-refractivity contribution in [1.29, 1.82) is 0 Å². The van der Waals surface area contributed by atoms with Crippen molar-refractivity contribution in [3.8, 4) is 0 Å². The molecule has 1 atom stereocenters. The Kier molecular flexibility index (Phi) is 6.51. The van der Waals surface area contributed by atoms with Crippen molar-refractivity contribution in [2.75, 3.05) is 6.61 Å². The first-order valence-electron chi connectivity index (χ1n) is 6.73. The van der Waals surface area contributed by atoms with E-state index in [9.17, 15) is 18.0 Å². The van der Waals surface area contributed by atoms with E-state index in [-0.39, 0.29) is 24.7 Å². The van der Waals surface area contributed by atoms with Crippen molar-refractivity contribution in [2.45, 2.75) is 32.1 Å². The summed E-state index contributed by atoms with van der Waals surface area (Å²) >= 11 is 0. The van der Waals surface area contributed by atoms with Crippen LogP contribution < -0.4 is 10.5 Å². The molecule has 0 radical (unpaired) electrons. The third kappa shape index (κ3) is 6.68. The van der Waals surface area contributed by atoms with Gasteiger partial charge >= 0.3 is 5.97 Å². The van der Waals surface area contributed by atoms with Gasteiger partial charge < -0.3 is 10.1 Å². The summed E-state index contributed by atoms with van der Waals surface area (Å²) in [6.45, 7) is 3.23. The van der Waals surface area contributed by atoms with E-state index < -0.39 is 22.0 Å². The number of carbonyl (C=O) groups excluding carboxylic acids is 2. The molecule has 0 fully saturated rings. The summed E-state index contributed by atoms with van der Waals surface area (Å²) in [5.74, 6) is -1.09. The summed E-state index contributed by atoms with van der Waals surface area (Å²) in [7, 11) is -3.58. The normalized spacial score (nSPS) is 12.5.